The van der Waals surface area contributed by atoms with Crippen LogP contribution < -0.4 is 0 Å². The normalized spacial score (nSPS) is 27.1. The van der Waals surface area contributed by atoms with E-state index in [1.54, 1.807) is 19.2 Å². The highest BCUT2D eigenvalue weighted by Gasteiger charge is 2.55. The highest BCUT2D eigenvalue weighted by atomic mass is 16.2. The zero-order valence-electron chi connectivity index (χ0n) is 17.3. The van der Waals surface area contributed by atoms with Crippen molar-refractivity contribution in [2.75, 3.05) is 6.54 Å². The Bertz CT molecular complexity index is 870. The molecule has 0 unspecified atom stereocenters. The Kier molecular flexibility index (Phi) is 5.39. The van der Waals surface area contributed by atoms with E-state index in [4.69, 9.17) is 0 Å². The summed E-state index contributed by atoms with van der Waals surface area (Å²) in [5.74, 6) is 0.0515. The Morgan fingerprint density at radius 1 is 1.03 bits per heavy atom. The Labute approximate surface area is 172 Å². The maximum atomic E-state index is 13.5. The number of hydrogen-bond acceptors (Lipinski definition) is 3. The fraction of sp³-hybridized carbons (Fsp3) is 0.458. The van der Waals surface area contributed by atoms with Gasteiger partial charge in [0.25, 0.3) is 5.91 Å². The number of pyridine rings is 1. The quantitative estimate of drug-likeness (QED) is 0.770. The number of fused-ring (bicyclic) bond motifs is 1. The lowest BCUT2D eigenvalue weighted by Crippen LogP contribution is -2.58. The first-order valence-corrected chi connectivity index (χ1v) is 10.6. The molecule has 0 spiro atoms. The highest BCUT2D eigenvalue weighted by molar-refractivity contribution is 5.93. The van der Waals surface area contributed by atoms with Crippen molar-refractivity contribution in [1.82, 2.24) is 14.8 Å². The minimum Gasteiger partial charge on any atom is -0.330 e. The van der Waals surface area contributed by atoms with Crippen LogP contribution in [0.5, 0.6) is 0 Å². The van der Waals surface area contributed by atoms with E-state index >= 15 is 0 Å². The second-order valence-electron chi connectivity index (χ2n) is 8.45. The molecule has 29 heavy (non-hydrogen) atoms. The van der Waals surface area contributed by atoms with Crippen LogP contribution in [-0.4, -0.2) is 44.7 Å². The summed E-state index contributed by atoms with van der Waals surface area (Å²) in [6.45, 7) is 4.53. The molecule has 2 aliphatic heterocycles. The molecule has 2 aliphatic rings. The van der Waals surface area contributed by atoms with E-state index in [-0.39, 0.29) is 23.9 Å². The van der Waals surface area contributed by atoms with E-state index < -0.39 is 5.54 Å². The average molecular weight is 392 g/mol. The van der Waals surface area contributed by atoms with Gasteiger partial charge in [0.1, 0.15) is 5.69 Å². The molecule has 1 aromatic heterocycles. The molecule has 2 aromatic rings. The van der Waals surface area contributed by atoms with Crippen molar-refractivity contribution in [1.29, 1.82) is 0 Å². The number of rotatable bonds is 2. The van der Waals surface area contributed by atoms with Crippen LogP contribution >= 0.6 is 0 Å². The first kappa shape index (κ1) is 19.6. The summed E-state index contributed by atoms with van der Waals surface area (Å²) in [6, 6.07) is 15.7. The molecule has 5 nitrogen and oxygen atoms in total. The maximum Gasteiger partial charge on any atom is 0.272 e. The maximum absolute atomic E-state index is 13.5. The van der Waals surface area contributed by atoms with Gasteiger partial charge in [0.15, 0.2) is 0 Å². The summed E-state index contributed by atoms with van der Waals surface area (Å²) in [5.41, 5.74) is 1.20. The SMILES string of the molecule is CC(=O)N1[C@H]2CCCCCN(C(=O)c3ccccn3)[C@@]2(C)C[C@H]1c1ccccc1. The fourth-order valence-corrected chi connectivity index (χ4v) is 5.28. The number of carbonyl (C=O) groups is 2. The van der Waals surface area contributed by atoms with Crippen LogP contribution in [0.3, 0.4) is 0 Å². The minimum absolute atomic E-state index is 0.0122. The van der Waals surface area contributed by atoms with Crippen LogP contribution in [-0.2, 0) is 4.79 Å². The number of benzene rings is 1. The number of amides is 2. The Hall–Kier alpha value is -2.69. The summed E-state index contributed by atoms with van der Waals surface area (Å²) < 4.78 is 0. The van der Waals surface area contributed by atoms with Crippen LogP contribution in [0.25, 0.3) is 0 Å². The Morgan fingerprint density at radius 3 is 2.48 bits per heavy atom. The largest absolute Gasteiger partial charge is 0.330 e. The molecule has 2 amide bonds. The number of nitrogens with zero attached hydrogens (tertiary/aromatic N) is 3. The van der Waals surface area contributed by atoms with E-state index in [9.17, 15) is 9.59 Å². The Morgan fingerprint density at radius 2 is 1.79 bits per heavy atom. The molecule has 1 aromatic carbocycles. The van der Waals surface area contributed by atoms with E-state index in [0.29, 0.717) is 12.2 Å². The molecule has 2 saturated heterocycles. The van der Waals surface area contributed by atoms with Crippen molar-refractivity contribution in [2.24, 2.45) is 0 Å². The first-order valence-electron chi connectivity index (χ1n) is 10.6. The zero-order valence-corrected chi connectivity index (χ0v) is 17.3. The molecule has 5 heteroatoms. The van der Waals surface area contributed by atoms with Gasteiger partial charge in [-0.3, -0.25) is 14.6 Å². The van der Waals surface area contributed by atoms with Gasteiger partial charge in [-0.25, -0.2) is 0 Å². The number of likely N-dealkylation sites (tertiary alicyclic amines) is 2. The third-order valence-corrected chi connectivity index (χ3v) is 6.65. The van der Waals surface area contributed by atoms with Crippen molar-refractivity contribution < 1.29 is 9.59 Å². The summed E-state index contributed by atoms with van der Waals surface area (Å²) in [5, 5.41) is 0. The zero-order chi connectivity index (χ0) is 20.4. The second-order valence-corrected chi connectivity index (χ2v) is 8.45. The van der Waals surface area contributed by atoms with Crippen LogP contribution in [0.2, 0.25) is 0 Å². The van der Waals surface area contributed by atoms with E-state index in [1.807, 2.05) is 40.1 Å². The lowest BCUT2D eigenvalue weighted by atomic mass is 9.83. The summed E-state index contributed by atoms with van der Waals surface area (Å²) in [6.07, 6.45) is 6.47. The number of hydrogen-bond donors (Lipinski definition) is 0. The lowest BCUT2D eigenvalue weighted by molar-refractivity contribution is -0.133. The molecule has 0 bridgehead atoms. The van der Waals surface area contributed by atoms with Gasteiger partial charge < -0.3 is 9.80 Å². The second kappa shape index (κ2) is 7.97. The van der Waals surface area contributed by atoms with Gasteiger partial charge in [-0.05, 0) is 43.9 Å². The molecular weight excluding hydrogens is 362 g/mol. The lowest BCUT2D eigenvalue weighted by Gasteiger charge is -2.45. The molecule has 0 aliphatic carbocycles. The molecule has 0 N–H and O–H groups in total. The summed E-state index contributed by atoms with van der Waals surface area (Å²) >= 11 is 0. The van der Waals surface area contributed by atoms with Crippen molar-refractivity contribution in [2.45, 2.75) is 63.6 Å². The van der Waals surface area contributed by atoms with Crippen molar-refractivity contribution in [3.05, 3.63) is 66.0 Å². The molecule has 4 rings (SSSR count). The molecule has 0 radical (unpaired) electrons. The third kappa shape index (κ3) is 3.54. The van der Waals surface area contributed by atoms with Crippen LogP contribution in [0.1, 0.15) is 68.0 Å². The molecule has 0 saturated carbocycles. The number of carbonyl (C=O) groups excluding carboxylic acids is 2. The standard InChI is InChI=1S/C24H29N3O2/c1-18(28)27-21(19-11-5-3-6-12-19)17-24(2)22(27)14-7-4-10-16-26(24)23(29)20-13-8-9-15-25-20/h3,5-6,8-9,11-13,15,21-22H,4,7,10,14,16-17H2,1-2H3/t21-,22-,24-/m0/s1. The van der Waals surface area contributed by atoms with Gasteiger partial charge in [-0.1, -0.05) is 49.2 Å². The monoisotopic (exact) mass is 391 g/mol. The molecule has 2 fully saturated rings. The van der Waals surface area contributed by atoms with Crippen molar-refractivity contribution in [3.63, 3.8) is 0 Å². The highest BCUT2D eigenvalue weighted by Crippen LogP contribution is 2.48. The van der Waals surface area contributed by atoms with E-state index in [1.165, 1.54) is 0 Å². The fourth-order valence-electron chi connectivity index (χ4n) is 5.28. The average Bonchev–Trinajstić information content (AvgIpc) is 3.02. The van der Waals surface area contributed by atoms with Gasteiger partial charge in [-0.2, -0.15) is 0 Å². The summed E-state index contributed by atoms with van der Waals surface area (Å²) in [7, 11) is 0. The Balaban J connectivity index is 1.77. The molecule has 3 heterocycles. The van der Waals surface area contributed by atoms with Gasteiger partial charge in [-0.15, -0.1) is 0 Å². The van der Waals surface area contributed by atoms with Crippen LogP contribution in [0, 0.1) is 0 Å². The van der Waals surface area contributed by atoms with Gasteiger partial charge in [0.05, 0.1) is 17.6 Å². The van der Waals surface area contributed by atoms with Gasteiger partial charge in [0.2, 0.25) is 5.91 Å². The number of aromatic nitrogens is 1. The van der Waals surface area contributed by atoms with Crippen molar-refractivity contribution in [3.8, 4) is 0 Å². The smallest absolute Gasteiger partial charge is 0.272 e. The van der Waals surface area contributed by atoms with E-state index in [2.05, 4.69) is 24.0 Å². The molecular formula is C24H29N3O2. The predicted molar refractivity (Wildman–Crippen MR) is 112 cm³/mol. The molecule has 3 atom stereocenters. The van der Waals surface area contributed by atoms with Crippen molar-refractivity contribution >= 4 is 11.8 Å². The summed E-state index contributed by atoms with van der Waals surface area (Å²) in [4.78, 5) is 34.6. The van der Waals surface area contributed by atoms with Gasteiger partial charge >= 0.3 is 0 Å². The topological polar surface area (TPSA) is 53.5 Å². The molecule has 152 valence electrons. The van der Waals surface area contributed by atoms with Crippen LogP contribution in [0.4, 0.5) is 0 Å². The third-order valence-electron chi connectivity index (χ3n) is 6.65. The minimum atomic E-state index is -0.415. The van der Waals surface area contributed by atoms with E-state index in [0.717, 1.165) is 37.7 Å². The predicted octanol–water partition coefficient (Wildman–Crippen LogP) is 4.22. The van der Waals surface area contributed by atoms with Crippen LogP contribution in [0.15, 0.2) is 54.7 Å². The van der Waals surface area contributed by atoms with Gasteiger partial charge in [0, 0.05) is 19.7 Å². The first-order chi connectivity index (χ1) is 14.0.